The Morgan fingerprint density at radius 3 is 2.63 bits per heavy atom. The molecule has 0 unspecified atom stereocenters. The first kappa shape index (κ1) is 14.2. The van der Waals surface area contributed by atoms with Crippen molar-refractivity contribution in [1.29, 1.82) is 0 Å². The van der Waals surface area contributed by atoms with E-state index in [2.05, 4.69) is 46.4 Å². The van der Waals surface area contributed by atoms with E-state index in [1.165, 1.54) is 11.1 Å². The molecule has 0 atom stereocenters. The number of rotatable bonds is 4. The van der Waals surface area contributed by atoms with Crippen LogP contribution in [0.25, 0.3) is 0 Å². The van der Waals surface area contributed by atoms with Gasteiger partial charge in [0.05, 0.1) is 12.1 Å². The predicted molar refractivity (Wildman–Crippen MR) is 84.2 cm³/mol. The number of hydrogen-bond acceptors (Lipinski definition) is 2. The van der Waals surface area contributed by atoms with Crippen LogP contribution in [0.1, 0.15) is 11.1 Å². The molecule has 0 aromatic heterocycles. The number of anilines is 1. The lowest BCUT2D eigenvalue weighted by Gasteiger charge is -2.10. The van der Waals surface area contributed by atoms with Gasteiger partial charge in [0.2, 0.25) is 0 Å². The number of aryl methyl sites for hydroxylation is 1. The van der Waals surface area contributed by atoms with Crippen molar-refractivity contribution >= 4 is 33.2 Å². The third-order valence-corrected chi connectivity index (χ3v) is 3.88. The molecule has 2 aromatic carbocycles. The highest BCUT2D eigenvalue weighted by atomic mass is 79.9. The molecule has 0 saturated heterocycles. The maximum Gasteiger partial charge on any atom is 0.137 e. The van der Waals surface area contributed by atoms with E-state index < -0.39 is 0 Å². The van der Waals surface area contributed by atoms with E-state index in [1.807, 2.05) is 18.2 Å². The Morgan fingerprint density at radius 2 is 2.00 bits per heavy atom. The van der Waals surface area contributed by atoms with E-state index in [9.17, 15) is 0 Å². The van der Waals surface area contributed by atoms with Crippen molar-refractivity contribution in [1.82, 2.24) is 0 Å². The minimum atomic E-state index is 0.607. The molecule has 4 heteroatoms. The first-order valence-corrected chi connectivity index (χ1v) is 7.09. The molecule has 1 N–H and O–H groups in total. The Kier molecular flexibility index (Phi) is 4.72. The number of methoxy groups -OCH3 is 1. The van der Waals surface area contributed by atoms with Crippen LogP contribution in [0.3, 0.4) is 0 Å². The van der Waals surface area contributed by atoms with E-state index in [1.54, 1.807) is 7.11 Å². The number of halogens is 2. The second-order valence-electron chi connectivity index (χ2n) is 4.30. The highest BCUT2D eigenvalue weighted by molar-refractivity contribution is 9.10. The summed E-state index contributed by atoms with van der Waals surface area (Å²) in [7, 11) is 1.61. The number of benzene rings is 2. The summed E-state index contributed by atoms with van der Waals surface area (Å²) < 4.78 is 6.24. The van der Waals surface area contributed by atoms with Crippen molar-refractivity contribution in [2.45, 2.75) is 13.5 Å². The smallest absolute Gasteiger partial charge is 0.137 e. The summed E-state index contributed by atoms with van der Waals surface area (Å²) in [6.45, 7) is 2.81. The van der Waals surface area contributed by atoms with Crippen LogP contribution < -0.4 is 10.1 Å². The highest BCUT2D eigenvalue weighted by Crippen LogP contribution is 2.28. The second-order valence-corrected chi connectivity index (χ2v) is 5.56. The summed E-state index contributed by atoms with van der Waals surface area (Å²) in [6, 6.07) is 12.0. The Balaban J connectivity index is 2.08. The van der Waals surface area contributed by atoms with Gasteiger partial charge in [-0.2, -0.15) is 0 Å². The highest BCUT2D eigenvalue weighted by Gasteiger charge is 2.03. The minimum Gasteiger partial charge on any atom is -0.495 e. The molecule has 0 amide bonds. The molecule has 0 aliphatic rings. The molecule has 0 fully saturated rings. The Bertz CT molecular complexity index is 586. The number of hydrogen-bond donors (Lipinski definition) is 1. The van der Waals surface area contributed by atoms with Crippen LogP contribution in [0.4, 0.5) is 5.69 Å². The van der Waals surface area contributed by atoms with Crippen LogP contribution >= 0.6 is 27.5 Å². The quantitative estimate of drug-likeness (QED) is 0.842. The summed E-state index contributed by atoms with van der Waals surface area (Å²) in [5, 5.41) is 3.95. The zero-order valence-corrected chi connectivity index (χ0v) is 13.2. The fourth-order valence-corrected chi connectivity index (χ4v) is 2.66. The summed E-state index contributed by atoms with van der Waals surface area (Å²) in [4.78, 5) is 0. The van der Waals surface area contributed by atoms with Gasteiger partial charge in [-0.25, -0.2) is 0 Å². The molecule has 0 bridgehead atoms. The van der Waals surface area contributed by atoms with Crippen LogP contribution in [-0.4, -0.2) is 7.11 Å². The molecule has 100 valence electrons. The van der Waals surface area contributed by atoms with Crippen molar-refractivity contribution in [2.75, 3.05) is 12.4 Å². The van der Waals surface area contributed by atoms with Gasteiger partial charge in [-0.3, -0.25) is 0 Å². The lowest BCUT2D eigenvalue weighted by molar-refractivity contribution is 0.415. The fourth-order valence-electron chi connectivity index (χ4n) is 1.77. The van der Waals surface area contributed by atoms with Crippen molar-refractivity contribution in [2.24, 2.45) is 0 Å². The minimum absolute atomic E-state index is 0.607. The zero-order chi connectivity index (χ0) is 13.8. The van der Waals surface area contributed by atoms with Crippen LogP contribution in [0, 0.1) is 6.92 Å². The zero-order valence-electron chi connectivity index (χ0n) is 10.8. The lowest BCUT2D eigenvalue weighted by Crippen LogP contribution is -2.00. The van der Waals surface area contributed by atoms with Gasteiger partial charge < -0.3 is 10.1 Å². The molecule has 0 aliphatic heterocycles. The largest absolute Gasteiger partial charge is 0.495 e. The average molecular weight is 341 g/mol. The van der Waals surface area contributed by atoms with Crippen LogP contribution in [0.15, 0.2) is 40.9 Å². The van der Waals surface area contributed by atoms with Gasteiger partial charge in [-0.15, -0.1) is 0 Å². The van der Waals surface area contributed by atoms with Gasteiger partial charge in [0, 0.05) is 16.7 Å². The first-order valence-electron chi connectivity index (χ1n) is 5.92. The summed E-state index contributed by atoms with van der Waals surface area (Å²) >= 11 is 9.66. The number of nitrogens with one attached hydrogen (secondary N) is 1. The topological polar surface area (TPSA) is 21.3 Å². The van der Waals surface area contributed by atoms with Crippen molar-refractivity contribution in [3.8, 4) is 5.75 Å². The molecule has 0 saturated carbocycles. The Morgan fingerprint density at radius 1 is 1.21 bits per heavy atom. The van der Waals surface area contributed by atoms with Gasteiger partial charge >= 0.3 is 0 Å². The normalized spacial score (nSPS) is 10.3. The van der Waals surface area contributed by atoms with Crippen LogP contribution in [0.5, 0.6) is 5.75 Å². The monoisotopic (exact) mass is 339 g/mol. The summed E-state index contributed by atoms with van der Waals surface area (Å²) in [6.07, 6.45) is 0. The van der Waals surface area contributed by atoms with Gasteiger partial charge in [0.1, 0.15) is 5.75 Å². The Labute approximate surface area is 126 Å². The maximum absolute atomic E-state index is 6.09. The molecule has 0 heterocycles. The molecule has 2 nitrogen and oxygen atoms in total. The fraction of sp³-hybridized carbons (Fsp3) is 0.200. The van der Waals surface area contributed by atoms with E-state index in [0.717, 1.165) is 16.7 Å². The van der Waals surface area contributed by atoms with Crippen LogP contribution in [0.2, 0.25) is 5.02 Å². The average Bonchev–Trinajstić information content (AvgIpc) is 2.38. The lowest BCUT2D eigenvalue weighted by atomic mass is 10.1. The molecule has 0 radical (unpaired) electrons. The molecule has 0 spiro atoms. The van der Waals surface area contributed by atoms with Crippen molar-refractivity contribution in [3.63, 3.8) is 0 Å². The standard InChI is InChI=1S/C15H15BrClNO/c1-10-3-4-11(13(16)7-10)9-18-12-5-6-15(19-2)14(17)8-12/h3-8,18H,9H2,1-2H3. The van der Waals surface area contributed by atoms with Crippen LogP contribution in [-0.2, 0) is 6.54 Å². The van der Waals surface area contributed by atoms with E-state index in [4.69, 9.17) is 16.3 Å². The van der Waals surface area contributed by atoms with E-state index >= 15 is 0 Å². The Hall–Kier alpha value is -1.19. The third-order valence-electron chi connectivity index (χ3n) is 2.84. The summed E-state index contributed by atoms with van der Waals surface area (Å²) in [5.41, 5.74) is 3.42. The van der Waals surface area contributed by atoms with E-state index in [0.29, 0.717) is 10.8 Å². The molecule has 2 rings (SSSR count). The van der Waals surface area contributed by atoms with Gasteiger partial charge in [-0.05, 0) is 42.3 Å². The van der Waals surface area contributed by atoms with E-state index in [-0.39, 0.29) is 0 Å². The van der Waals surface area contributed by atoms with Crippen molar-refractivity contribution < 1.29 is 4.74 Å². The molecular weight excluding hydrogens is 326 g/mol. The maximum atomic E-state index is 6.09. The second kappa shape index (κ2) is 6.31. The molecule has 19 heavy (non-hydrogen) atoms. The number of ether oxygens (including phenoxy) is 1. The summed E-state index contributed by atoms with van der Waals surface area (Å²) in [5.74, 6) is 0.684. The first-order chi connectivity index (χ1) is 9.10. The van der Waals surface area contributed by atoms with Gasteiger partial charge in [-0.1, -0.05) is 39.7 Å². The van der Waals surface area contributed by atoms with Gasteiger partial charge in [0.25, 0.3) is 0 Å². The predicted octanol–water partition coefficient (Wildman–Crippen LogP) is 5.03. The molecule has 0 aliphatic carbocycles. The molecular formula is C15H15BrClNO. The molecule has 2 aromatic rings. The van der Waals surface area contributed by atoms with Crippen molar-refractivity contribution in [3.05, 3.63) is 57.0 Å². The van der Waals surface area contributed by atoms with Gasteiger partial charge in [0.15, 0.2) is 0 Å². The third kappa shape index (κ3) is 3.64. The SMILES string of the molecule is COc1ccc(NCc2ccc(C)cc2Br)cc1Cl.